The zero-order valence-corrected chi connectivity index (χ0v) is 17.9. The van der Waals surface area contributed by atoms with Crippen molar-refractivity contribution in [2.45, 2.75) is 26.6 Å². The number of hydrogen-bond acceptors (Lipinski definition) is 7. The number of hydrogen-bond donors (Lipinski definition) is 1. The third-order valence-electron chi connectivity index (χ3n) is 4.38. The Morgan fingerprint density at radius 2 is 1.76 bits per heavy atom. The molecule has 0 aliphatic rings. The summed E-state index contributed by atoms with van der Waals surface area (Å²) in [5.41, 5.74) is 3.29. The van der Waals surface area contributed by atoms with E-state index in [2.05, 4.69) is 31.5 Å². The Bertz CT molecular complexity index is 1090. The number of nitrogens with zero attached hydrogens (tertiary/aromatic N) is 4. The maximum absolute atomic E-state index is 12.3. The van der Waals surface area contributed by atoms with E-state index in [1.54, 1.807) is 11.3 Å². The normalized spacial score (nSPS) is 11.3. The second-order valence-electron chi connectivity index (χ2n) is 6.92. The average Bonchev–Trinajstić information content (AvgIpc) is 3.33. The number of carbonyl (C=O) groups excluding carboxylic acids is 1. The minimum Gasteiger partial charge on any atom is -0.346 e. The van der Waals surface area contributed by atoms with Crippen molar-refractivity contribution >= 4 is 38.8 Å². The summed E-state index contributed by atoms with van der Waals surface area (Å²) in [7, 11) is 2.02. The van der Waals surface area contributed by atoms with Gasteiger partial charge in [-0.1, -0.05) is 53.3 Å². The van der Waals surface area contributed by atoms with E-state index >= 15 is 0 Å². The fraction of sp³-hybridized carbons (Fsp3) is 0.238. The molecule has 1 N–H and O–H groups in total. The molecule has 2 aromatic heterocycles. The lowest BCUT2D eigenvalue weighted by Gasteiger charge is -2.12. The molecule has 0 saturated heterocycles. The number of thiazole rings is 1. The number of amides is 1. The van der Waals surface area contributed by atoms with Gasteiger partial charge in [-0.05, 0) is 31.7 Å². The van der Waals surface area contributed by atoms with E-state index in [0.717, 1.165) is 27.6 Å². The van der Waals surface area contributed by atoms with Gasteiger partial charge in [0.05, 0.1) is 23.3 Å². The molecule has 0 aliphatic carbocycles. The van der Waals surface area contributed by atoms with Crippen molar-refractivity contribution in [2.24, 2.45) is 0 Å². The lowest BCUT2D eigenvalue weighted by atomic mass is 10.1. The van der Waals surface area contributed by atoms with Crippen molar-refractivity contribution in [3.05, 3.63) is 74.7 Å². The first-order valence-electron chi connectivity index (χ1n) is 9.26. The Kier molecular flexibility index (Phi) is 5.94. The first kappa shape index (κ1) is 19.6. The summed E-state index contributed by atoms with van der Waals surface area (Å²) >= 11 is 3.03. The minimum absolute atomic E-state index is 0.192. The molecular weight excluding hydrogens is 402 g/mol. The standard InChI is InChI=1S/C21H21N5OS2/c1-14-7-9-15(10-8-14)11-22-20(27)21-25-24-19(29-21)13-26(2)12-18-23-16-5-3-4-6-17(16)28-18/h3-10H,11-13H2,1-2H3,(H,22,27). The molecule has 8 heteroatoms. The molecule has 148 valence electrons. The van der Waals surface area contributed by atoms with Gasteiger partial charge in [-0.25, -0.2) is 4.98 Å². The van der Waals surface area contributed by atoms with Gasteiger partial charge < -0.3 is 5.32 Å². The summed E-state index contributed by atoms with van der Waals surface area (Å²) in [6, 6.07) is 16.2. The zero-order chi connectivity index (χ0) is 20.2. The molecule has 0 aliphatic heterocycles. The average molecular weight is 424 g/mol. The molecule has 1 amide bonds. The van der Waals surface area contributed by atoms with Crippen LogP contribution >= 0.6 is 22.7 Å². The third kappa shape index (κ3) is 5.03. The van der Waals surface area contributed by atoms with Gasteiger partial charge in [0.1, 0.15) is 10.0 Å². The molecule has 0 spiro atoms. The molecule has 2 heterocycles. The second kappa shape index (κ2) is 8.77. The van der Waals surface area contributed by atoms with Crippen LogP contribution in [0, 0.1) is 6.92 Å². The minimum atomic E-state index is -0.192. The van der Waals surface area contributed by atoms with Gasteiger partial charge in [0.15, 0.2) is 0 Å². The van der Waals surface area contributed by atoms with Gasteiger partial charge in [-0.3, -0.25) is 9.69 Å². The molecule has 4 aromatic rings. The Balaban J connectivity index is 1.31. The van der Waals surface area contributed by atoms with Crippen molar-refractivity contribution in [1.29, 1.82) is 0 Å². The maximum atomic E-state index is 12.3. The lowest BCUT2D eigenvalue weighted by Crippen LogP contribution is -2.22. The highest BCUT2D eigenvalue weighted by molar-refractivity contribution is 7.18. The van der Waals surface area contributed by atoms with E-state index in [9.17, 15) is 4.79 Å². The summed E-state index contributed by atoms with van der Waals surface area (Å²) in [5, 5.41) is 13.4. The summed E-state index contributed by atoms with van der Waals surface area (Å²) in [5.74, 6) is -0.192. The van der Waals surface area contributed by atoms with Crippen LogP contribution in [-0.4, -0.2) is 33.0 Å². The van der Waals surface area contributed by atoms with Crippen LogP contribution in [0.4, 0.5) is 0 Å². The Labute approximate surface area is 177 Å². The van der Waals surface area contributed by atoms with Gasteiger partial charge in [-0.15, -0.1) is 21.5 Å². The Hall–Kier alpha value is -2.68. The van der Waals surface area contributed by atoms with Crippen LogP contribution in [0.3, 0.4) is 0 Å². The highest BCUT2D eigenvalue weighted by atomic mass is 32.1. The SMILES string of the molecule is Cc1ccc(CNC(=O)c2nnc(CN(C)Cc3nc4ccccc4s3)s2)cc1. The number of nitrogens with one attached hydrogen (secondary N) is 1. The van der Waals surface area contributed by atoms with E-state index in [-0.39, 0.29) is 5.91 Å². The summed E-state index contributed by atoms with van der Waals surface area (Å²) in [4.78, 5) is 19.1. The molecule has 0 fully saturated rings. The van der Waals surface area contributed by atoms with Crippen LogP contribution < -0.4 is 5.32 Å². The topological polar surface area (TPSA) is 71.0 Å². The van der Waals surface area contributed by atoms with Gasteiger partial charge >= 0.3 is 0 Å². The van der Waals surface area contributed by atoms with Crippen molar-refractivity contribution in [3.8, 4) is 0 Å². The van der Waals surface area contributed by atoms with E-state index < -0.39 is 0 Å². The monoisotopic (exact) mass is 423 g/mol. The van der Waals surface area contributed by atoms with Crippen LogP contribution in [0.25, 0.3) is 10.2 Å². The van der Waals surface area contributed by atoms with Gasteiger partial charge in [0.25, 0.3) is 5.91 Å². The van der Waals surface area contributed by atoms with Gasteiger partial charge in [-0.2, -0.15) is 0 Å². The van der Waals surface area contributed by atoms with Gasteiger partial charge in [0.2, 0.25) is 5.01 Å². The fourth-order valence-corrected chi connectivity index (χ4v) is 4.76. The predicted molar refractivity (Wildman–Crippen MR) is 117 cm³/mol. The fourth-order valence-electron chi connectivity index (χ4n) is 2.88. The first-order valence-corrected chi connectivity index (χ1v) is 10.9. The molecule has 0 bridgehead atoms. The largest absolute Gasteiger partial charge is 0.346 e. The van der Waals surface area contributed by atoms with E-state index in [4.69, 9.17) is 0 Å². The van der Waals surface area contributed by atoms with Crippen molar-refractivity contribution < 1.29 is 4.79 Å². The van der Waals surface area contributed by atoms with Crippen molar-refractivity contribution in [1.82, 2.24) is 25.4 Å². The molecular formula is C21H21N5OS2. The highest BCUT2D eigenvalue weighted by Crippen LogP contribution is 2.23. The number of para-hydroxylation sites is 1. The summed E-state index contributed by atoms with van der Waals surface area (Å²) in [6.45, 7) is 3.87. The molecule has 0 atom stereocenters. The molecule has 0 radical (unpaired) electrons. The smallest absolute Gasteiger partial charge is 0.282 e. The highest BCUT2D eigenvalue weighted by Gasteiger charge is 2.14. The van der Waals surface area contributed by atoms with Crippen LogP contribution in [0.15, 0.2) is 48.5 Å². The number of fused-ring (bicyclic) bond motifs is 1. The van der Waals surface area contributed by atoms with Crippen LogP contribution in [0.2, 0.25) is 0 Å². The third-order valence-corrected chi connectivity index (χ3v) is 6.31. The van der Waals surface area contributed by atoms with Crippen molar-refractivity contribution in [3.63, 3.8) is 0 Å². The number of aromatic nitrogens is 3. The summed E-state index contributed by atoms with van der Waals surface area (Å²) in [6.07, 6.45) is 0. The molecule has 0 saturated carbocycles. The second-order valence-corrected chi connectivity index (χ2v) is 9.09. The van der Waals surface area contributed by atoms with E-state index in [0.29, 0.717) is 18.1 Å². The molecule has 6 nitrogen and oxygen atoms in total. The first-order chi connectivity index (χ1) is 14.1. The van der Waals surface area contributed by atoms with E-state index in [1.165, 1.54) is 21.6 Å². The predicted octanol–water partition coefficient (Wildman–Crippen LogP) is 4.02. The van der Waals surface area contributed by atoms with Crippen LogP contribution in [0.1, 0.15) is 30.9 Å². The van der Waals surface area contributed by atoms with Crippen molar-refractivity contribution in [2.75, 3.05) is 7.05 Å². The lowest BCUT2D eigenvalue weighted by molar-refractivity contribution is 0.0950. The maximum Gasteiger partial charge on any atom is 0.282 e. The Morgan fingerprint density at radius 3 is 2.55 bits per heavy atom. The summed E-state index contributed by atoms with van der Waals surface area (Å²) < 4.78 is 1.19. The number of aryl methyl sites for hydroxylation is 1. The van der Waals surface area contributed by atoms with Crippen LogP contribution in [-0.2, 0) is 19.6 Å². The molecule has 2 aromatic carbocycles. The quantitative estimate of drug-likeness (QED) is 0.486. The zero-order valence-electron chi connectivity index (χ0n) is 16.3. The van der Waals surface area contributed by atoms with Crippen LogP contribution in [0.5, 0.6) is 0 Å². The molecule has 0 unspecified atom stereocenters. The van der Waals surface area contributed by atoms with E-state index in [1.807, 2.05) is 56.4 Å². The number of rotatable bonds is 7. The Morgan fingerprint density at radius 1 is 1.00 bits per heavy atom. The molecule has 29 heavy (non-hydrogen) atoms. The molecule has 4 rings (SSSR count). The van der Waals surface area contributed by atoms with Gasteiger partial charge in [0, 0.05) is 6.54 Å². The number of benzene rings is 2. The number of carbonyl (C=O) groups is 1.